The van der Waals surface area contributed by atoms with Crippen LogP contribution in [0, 0.1) is 13.8 Å². The number of anilines is 1. The molecule has 1 heterocycles. The number of aliphatic hydroxyl groups excluding tert-OH is 2. The van der Waals surface area contributed by atoms with Gasteiger partial charge in [0.2, 0.25) is 0 Å². The lowest BCUT2D eigenvalue weighted by atomic mass is 10.1. The molecule has 0 fully saturated rings. The van der Waals surface area contributed by atoms with Gasteiger partial charge in [-0.05, 0) is 56.0 Å². The first-order valence-corrected chi connectivity index (χ1v) is 11.6. The van der Waals surface area contributed by atoms with Crippen LogP contribution in [0.4, 0.5) is 5.69 Å². The number of phenols is 1. The van der Waals surface area contributed by atoms with E-state index in [0.29, 0.717) is 0 Å². The van der Waals surface area contributed by atoms with Crippen molar-refractivity contribution in [3.05, 3.63) is 95.6 Å². The Morgan fingerprint density at radius 1 is 0.889 bits per heavy atom. The van der Waals surface area contributed by atoms with Crippen LogP contribution >= 0.6 is 0 Å². The molecule has 1 unspecified atom stereocenters. The number of phenolic OH excluding ortho intramolecular Hbond substituents is 1. The second kappa shape index (κ2) is 19.0. The molecule has 0 radical (unpaired) electrons. The summed E-state index contributed by atoms with van der Waals surface area (Å²) in [5.74, 6) is 4.65. The van der Waals surface area contributed by atoms with Gasteiger partial charge in [0.05, 0.1) is 12.1 Å². The zero-order valence-electron chi connectivity index (χ0n) is 21.9. The minimum atomic E-state index is -0.158. The van der Waals surface area contributed by atoms with Gasteiger partial charge >= 0.3 is 0 Å². The third-order valence-electron chi connectivity index (χ3n) is 5.27. The number of hydrogen-bond donors (Lipinski definition) is 6. The van der Waals surface area contributed by atoms with Gasteiger partial charge in [-0.3, -0.25) is 4.99 Å². The molecule has 8 heteroatoms. The number of aliphatic imine (C=N–C) groups is 1. The fourth-order valence-electron chi connectivity index (χ4n) is 3.51. The van der Waals surface area contributed by atoms with E-state index in [1.54, 1.807) is 12.1 Å². The first kappa shape index (κ1) is 32.7. The second-order valence-corrected chi connectivity index (χ2v) is 7.85. The topological polar surface area (TPSA) is 149 Å². The number of rotatable bonds is 4. The predicted molar refractivity (Wildman–Crippen MR) is 153 cm³/mol. The number of aryl methyl sites for hydroxylation is 2. The van der Waals surface area contributed by atoms with Gasteiger partial charge in [-0.25, -0.2) is 5.90 Å². The Hall–Kier alpha value is -3.27. The van der Waals surface area contributed by atoms with E-state index >= 15 is 0 Å². The summed E-state index contributed by atoms with van der Waals surface area (Å²) in [6.07, 6.45) is 0.752. The molecule has 3 aromatic rings. The summed E-state index contributed by atoms with van der Waals surface area (Å²) in [6, 6.07) is 25.9. The van der Waals surface area contributed by atoms with Crippen molar-refractivity contribution in [3.63, 3.8) is 0 Å². The molecule has 0 spiro atoms. The van der Waals surface area contributed by atoms with Crippen LogP contribution in [-0.2, 0) is 6.42 Å². The van der Waals surface area contributed by atoms with Crippen molar-refractivity contribution >= 4 is 11.5 Å². The number of nitrogens with two attached hydrogens (primary N) is 2. The first-order chi connectivity index (χ1) is 17.4. The van der Waals surface area contributed by atoms with Crippen molar-refractivity contribution in [1.29, 1.82) is 0 Å². The van der Waals surface area contributed by atoms with Crippen LogP contribution in [0.1, 0.15) is 26.5 Å². The lowest BCUT2D eigenvalue weighted by molar-refractivity contribution is 0.311. The summed E-state index contributed by atoms with van der Waals surface area (Å²) in [7, 11) is 2.00. The Labute approximate surface area is 218 Å². The third-order valence-corrected chi connectivity index (χ3v) is 5.27. The number of benzene rings is 3. The molecule has 0 saturated heterocycles. The normalized spacial score (nSPS) is 14.2. The van der Waals surface area contributed by atoms with Crippen LogP contribution in [0.2, 0.25) is 0 Å². The molecule has 0 bridgehead atoms. The number of nitrogens with zero attached hydrogens (tertiary/aromatic N) is 2. The quantitative estimate of drug-likeness (QED) is 0.296. The van der Waals surface area contributed by atoms with Gasteiger partial charge in [0.15, 0.2) is 0 Å². The molecular formula is C28H46N4O4. The van der Waals surface area contributed by atoms with E-state index in [-0.39, 0.29) is 20.7 Å². The summed E-state index contributed by atoms with van der Waals surface area (Å²) in [5, 5.41) is 30.2. The van der Waals surface area contributed by atoms with Gasteiger partial charge in [0.1, 0.15) is 11.6 Å². The third kappa shape index (κ3) is 11.0. The zero-order chi connectivity index (χ0) is 27.5. The molecule has 0 aromatic heterocycles. The van der Waals surface area contributed by atoms with Crippen molar-refractivity contribution in [1.82, 2.24) is 0 Å². The molecule has 2 atom stereocenters. The molecule has 202 valence electrons. The monoisotopic (exact) mass is 502 g/mol. The minimum Gasteiger partial charge on any atom is -0.508 e. The lowest BCUT2D eigenvalue weighted by Gasteiger charge is -2.25. The lowest BCUT2D eigenvalue weighted by Crippen LogP contribution is -2.43. The van der Waals surface area contributed by atoms with Gasteiger partial charge in [0.25, 0.3) is 0 Å². The summed E-state index contributed by atoms with van der Waals surface area (Å²) in [5.41, 5.74) is 11.3. The predicted octanol–water partition coefficient (Wildman–Crippen LogP) is 3.92. The van der Waals surface area contributed by atoms with Crippen molar-refractivity contribution in [2.75, 3.05) is 25.7 Å². The number of aliphatic hydroxyl groups is 2. The Balaban J connectivity index is -0.000000647. The zero-order valence-corrected chi connectivity index (χ0v) is 21.9. The Kier molecular flexibility index (Phi) is 17.3. The molecule has 3 aromatic carbocycles. The van der Waals surface area contributed by atoms with Crippen molar-refractivity contribution in [2.24, 2.45) is 16.6 Å². The average Bonchev–Trinajstić information content (AvgIpc) is 3.32. The molecule has 0 aliphatic carbocycles. The van der Waals surface area contributed by atoms with E-state index in [9.17, 15) is 5.11 Å². The smallest absolute Gasteiger partial charge is 0.121 e. The molecule has 1 aliphatic heterocycles. The van der Waals surface area contributed by atoms with E-state index in [1.165, 1.54) is 16.7 Å². The highest BCUT2D eigenvalue weighted by Crippen LogP contribution is 2.25. The Morgan fingerprint density at radius 3 is 1.92 bits per heavy atom. The van der Waals surface area contributed by atoms with E-state index in [0.717, 1.165) is 38.7 Å². The molecule has 8 nitrogen and oxygen atoms in total. The van der Waals surface area contributed by atoms with E-state index in [1.807, 2.05) is 30.3 Å². The van der Waals surface area contributed by atoms with Crippen molar-refractivity contribution in [3.8, 4) is 5.75 Å². The van der Waals surface area contributed by atoms with Crippen molar-refractivity contribution in [2.45, 2.75) is 39.3 Å². The largest absolute Gasteiger partial charge is 0.508 e. The Bertz CT molecular complexity index is 990. The average molecular weight is 503 g/mol. The van der Waals surface area contributed by atoms with Crippen LogP contribution in [0.3, 0.4) is 0 Å². The van der Waals surface area contributed by atoms with Gasteiger partial charge in [-0.2, -0.15) is 0 Å². The van der Waals surface area contributed by atoms with Gasteiger partial charge in [-0.1, -0.05) is 60.7 Å². The van der Waals surface area contributed by atoms with Crippen LogP contribution in [-0.4, -0.2) is 59.2 Å². The maximum Gasteiger partial charge on any atom is 0.121 e. The fraction of sp³-hybridized carbons (Fsp3) is 0.321. The minimum absolute atomic E-state index is 0. The van der Waals surface area contributed by atoms with Crippen molar-refractivity contribution < 1.29 is 23.4 Å². The summed E-state index contributed by atoms with van der Waals surface area (Å²) in [4.78, 5) is 6.82. The number of aromatic hydroxyl groups is 1. The molecule has 4 rings (SSSR count). The van der Waals surface area contributed by atoms with Crippen LogP contribution in [0.5, 0.6) is 5.75 Å². The maximum absolute atomic E-state index is 9.70. The van der Waals surface area contributed by atoms with E-state index < -0.39 is 0 Å². The molecule has 0 saturated carbocycles. The molecule has 1 aliphatic rings. The van der Waals surface area contributed by atoms with Crippen LogP contribution in [0.15, 0.2) is 83.9 Å². The number of hydrogen-bond acceptors (Lipinski definition) is 8. The molecule has 36 heavy (non-hydrogen) atoms. The summed E-state index contributed by atoms with van der Waals surface area (Å²) in [6.45, 7) is 7.12. The summed E-state index contributed by atoms with van der Waals surface area (Å²) >= 11 is 0. The number of amidine groups is 1. The molecular weight excluding hydrogens is 456 g/mol. The Morgan fingerprint density at radius 2 is 1.42 bits per heavy atom. The standard InChI is InChI=1S/C18H21N3O.C8H10.2CH4O.H3NO.2H2/c1-13-12-21(15-8-5-9-16(22)11-15)18(20-13)17(19)10-14-6-3-2-4-7-14;1-7-5-3-4-6-8(7)2;3*1-2;;/h2-9,11,13,17,22H,10,12,19H2,1H3;3-6H,1-2H3;2*2H,1H3;2H,1H2;2*1H/t13?,17-;;;;;;/m0....../s1. The van der Waals surface area contributed by atoms with Gasteiger partial charge in [-0.15, -0.1) is 0 Å². The molecule has 0 amide bonds. The SMILES string of the molecule is CC1CN(c2cccc(O)c2)C([C@@H](N)Cc2ccccc2)=N1.CO.CO.Cc1ccccc1C.NO.[HH].[HH]. The van der Waals surface area contributed by atoms with Crippen LogP contribution in [0.25, 0.3) is 0 Å². The highest BCUT2D eigenvalue weighted by Gasteiger charge is 2.28. The molecule has 8 N–H and O–H groups in total. The second-order valence-electron chi connectivity index (χ2n) is 7.85. The van der Waals surface area contributed by atoms with E-state index in [2.05, 4.69) is 68.0 Å². The van der Waals surface area contributed by atoms with E-state index in [4.69, 9.17) is 26.1 Å². The first-order valence-electron chi connectivity index (χ1n) is 11.6. The fourth-order valence-corrected chi connectivity index (χ4v) is 3.51. The van der Waals surface area contributed by atoms with Gasteiger partial charge in [0, 0.05) is 35.4 Å². The maximum atomic E-state index is 9.70. The highest BCUT2D eigenvalue weighted by atomic mass is 16.4. The van der Waals surface area contributed by atoms with Crippen LogP contribution < -0.4 is 16.5 Å². The van der Waals surface area contributed by atoms with Gasteiger partial charge < -0.3 is 31.2 Å². The highest BCUT2D eigenvalue weighted by molar-refractivity contribution is 6.03. The summed E-state index contributed by atoms with van der Waals surface area (Å²) < 4.78 is 0.